The molecular formula is C11H18N2OS. The number of thiazole rings is 1. The molecule has 0 aliphatic heterocycles. The van der Waals surface area contributed by atoms with Crippen molar-refractivity contribution in [2.75, 3.05) is 6.61 Å². The second kappa shape index (κ2) is 3.85. The van der Waals surface area contributed by atoms with E-state index in [2.05, 4.69) is 11.9 Å². The molecule has 0 spiro atoms. The lowest BCUT2D eigenvalue weighted by atomic mass is 9.75. The Hall–Kier alpha value is -0.450. The van der Waals surface area contributed by atoms with Crippen molar-refractivity contribution >= 4 is 11.3 Å². The summed E-state index contributed by atoms with van der Waals surface area (Å²) in [6.45, 7) is 6.93. The largest absolute Gasteiger partial charge is 0.378 e. The van der Waals surface area contributed by atoms with Gasteiger partial charge in [-0.3, -0.25) is 0 Å². The fourth-order valence-corrected chi connectivity index (χ4v) is 3.00. The number of aryl methyl sites for hydroxylation is 2. The summed E-state index contributed by atoms with van der Waals surface area (Å²) >= 11 is 1.73. The fraction of sp³-hybridized carbons (Fsp3) is 0.727. The van der Waals surface area contributed by atoms with Crippen molar-refractivity contribution < 1.29 is 4.74 Å². The van der Waals surface area contributed by atoms with Crippen LogP contribution in [0.15, 0.2) is 0 Å². The minimum absolute atomic E-state index is 0.219. The highest BCUT2D eigenvalue weighted by atomic mass is 32.1. The number of aromatic nitrogens is 1. The van der Waals surface area contributed by atoms with Crippen molar-refractivity contribution in [1.82, 2.24) is 4.98 Å². The van der Waals surface area contributed by atoms with E-state index in [0.717, 1.165) is 30.2 Å². The van der Waals surface area contributed by atoms with E-state index in [1.54, 1.807) is 11.3 Å². The number of hydrogen-bond acceptors (Lipinski definition) is 4. The van der Waals surface area contributed by atoms with E-state index in [9.17, 15) is 0 Å². The van der Waals surface area contributed by atoms with Gasteiger partial charge in [0, 0.05) is 11.5 Å². The van der Waals surface area contributed by atoms with Gasteiger partial charge in [0.2, 0.25) is 0 Å². The first-order chi connectivity index (χ1) is 7.05. The molecule has 1 aliphatic rings. The lowest BCUT2D eigenvalue weighted by Crippen LogP contribution is -2.52. The summed E-state index contributed by atoms with van der Waals surface area (Å²) in [4.78, 5) is 5.81. The monoisotopic (exact) mass is 226 g/mol. The third kappa shape index (κ3) is 1.94. The van der Waals surface area contributed by atoms with Gasteiger partial charge in [-0.1, -0.05) is 0 Å². The molecule has 1 fully saturated rings. The number of hydrogen-bond donors (Lipinski definition) is 1. The fourth-order valence-electron chi connectivity index (χ4n) is 1.97. The molecular weight excluding hydrogens is 208 g/mol. The number of ether oxygens (including phenoxy) is 1. The highest BCUT2D eigenvalue weighted by Crippen LogP contribution is 2.42. The summed E-state index contributed by atoms with van der Waals surface area (Å²) in [5.41, 5.74) is 7.19. The van der Waals surface area contributed by atoms with Gasteiger partial charge in [-0.05, 0) is 33.6 Å². The smallest absolute Gasteiger partial charge is 0.113 e. The molecule has 1 heterocycles. The Kier molecular flexibility index (Phi) is 2.83. The Morgan fingerprint density at radius 1 is 1.53 bits per heavy atom. The van der Waals surface area contributed by atoms with Gasteiger partial charge < -0.3 is 10.5 Å². The Morgan fingerprint density at radius 2 is 2.20 bits per heavy atom. The molecule has 0 amide bonds. The van der Waals surface area contributed by atoms with Crippen molar-refractivity contribution in [2.24, 2.45) is 5.73 Å². The highest BCUT2D eigenvalue weighted by molar-refractivity contribution is 7.11. The molecule has 15 heavy (non-hydrogen) atoms. The van der Waals surface area contributed by atoms with Crippen LogP contribution in [0.3, 0.4) is 0 Å². The third-order valence-electron chi connectivity index (χ3n) is 3.04. The molecule has 0 unspecified atom stereocenters. The zero-order chi connectivity index (χ0) is 11.1. The molecule has 0 atom stereocenters. The zero-order valence-corrected chi connectivity index (χ0v) is 10.4. The average Bonchev–Trinajstić information content (AvgIpc) is 2.45. The van der Waals surface area contributed by atoms with Crippen molar-refractivity contribution in [3.63, 3.8) is 0 Å². The van der Waals surface area contributed by atoms with Crippen LogP contribution in [0, 0.1) is 13.8 Å². The number of nitrogens with two attached hydrogens (primary N) is 1. The van der Waals surface area contributed by atoms with E-state index in [1.165, 1.54) is 4.88 Å². The molecule has 1 aliphatic carbocycles. The van der Waals surface area contributed by atoms with Gasteiger partial charge in [0.1, 0.15) is 5.01 Å². The third-order valence-corrected chi connectivity index (χ3v) is 4.33. The van der Waals surface area contributed by atoms with Crippen molar-refractivity contribution in [3.05, 3.63) is 15.6 Å². The van der Waals surface area contributed by atoms with Gasteiger partial charge in [-0.2, -0.15) is 0 Å². The van der Waals surface area contributed by atoms with E-state index < -0.39 is 0 Å². The van der Waals surface area contributed by atoms with Crippen LogP contribution in [-0.4, -0.2) is 17.7 Å². The van der Waals surface area contributed by atoms with Crippen LogP contribution in [0.25, 0.3) is 0 Å². The first-order valence-electron chi connectivity index (χ1n) is 5.40. The average molecular weight is 226 g/mol. The van der Waals surface area contributed by atoms with Gasteiger partial charge in [-0.25, -0.2) is 4.98 Å². The van der Waals surface area contributed by atoms with E-state index in [0.29, 0.717) is 6.10 Å². The van der Waals surface area contributed by atoms with Crippen LogP contribution in [-0.2, 0) is 10.3 Å². The molecule has 84 valence electrons. The molecule has 1 aromatic rings. The second-order valence-electron chi connectivity index (χ2n) is 4.30. The standard InChI is InChI=1S/C11H18N2OS/c1-4-14-9-5-11(12,6-9)10-13-7(2)8(3)15-10/h9H,4-6,12H2,1-3H3. The first-order valence-corrected chi connectivity index (χ1v) is 6.22. The quantitative estimate of drug-likeness (QED) is 0.858. The molecule has 0 radical (unpaired) electrons. The molecule has 0 saturated heterocycles. The van der Waals surface area contributed by atoms with E-state index in [4.69, 9.17) is 10.5 Å². The molecule has 1 aromatic heterocycles. The molecule has 3 nitrogen and oxygen atoms in total. The Labute approximate surface area is 94.7 Å². The Morgan fingerprint density at radius 3 is 2.67 bits per heavy atom. The second-order valence-corrected chi connectivity index (χ2v) is 5.51. The molecule has 2 rings (SSSR count). The summed E-state index contributed by atoms with van der Waals surface area (Å²) in [6, 6.07) is 0. The Bertz CT molecular complexity index is 336. The van der Waals surface area contributed by atoms with Crippen LogP contribution in [0.5, 0.6) is 0 Å². The Balaban J connectivity index is 2.06. The zero-order valence-electron chi connectivity index (χ0n) is 9.54. The molecule has 0 bridgehead atoms. The van der Waals surface area contributed by atoms with Crippen LogP contribution in [0.1, 0.15) is 35.3 Å². The summed E-state index contributed by atoms with van der Waals surface area (Å²) in [5.74, 6) is 0. The van der Waals surface area contributed by atoms with Gasteiger partial charge in [-0.15, -0.1) is 11.3 Å². The number of rotatable bonds is 3. The minimum atomic E-state index is -0.219. The molecule has 1 saturated carbocycles. The van der Waals surface area contributed by atoms with Gasteiger partial charge >= 0.3 is 0 Å². The molecule has 2 N–H and O–H groups in total. The first kappa shape index (κ1) is 11.0. The van der Waals surface area contributed by atoms with Crippen molar-refractivity contribution in [2.45, 2.75) is 45.3 Å². The lowest BCUT2D eigenvalue weighted by Gasteiger charge is -2.42. The maximum absolute atomic E-state index is 6.29. The summed E-state index contributed by atoms with van der Waals surface area (Å²) in [7, 11) is 0. The maximum Gasteiger partial charge on any atom is 0.113 e. The predicted molar refractivity (Wildman–Crippen MR) is 62.1 cm³/mol. The van der Waals surface area contributed by atoms with Gasteiger partial charge in [0.05, 0.1) is 17.3 Å². The van der Waals surface area contributed by atoms with Crippen LogP contribution in [0.2, 0.25) is 0 Å². The summed E-state index contributed by atoms with van der Waals surface area (Å²) in [5, 5.41) is 1.08. The predicted octanol–water partition coefficient (Wildman–Crippen LogP) is 2.11. The van der Waals surface area contributed by atoms with Crippen LogP contribution in [0.4, 0.5) is 0 Å². The minimum Gasteiger partial charge on any atom is -0.378 e. The lowest BCUT2D eigenvalue weighted by molar-refractivity contribution is -0.0393. The van der Waals surface area contributed by atoms with Crippen LogP contribution < -0.4 is 5.73 Å². The topological polar surface area (TPSA) is 48.1 Å². The van der Waals surface area contributed by atoms with Gasteiger partial charge in [0.25, 0.3) is 0 Å². The van der Waals surface area contributed by atoms with Crippen molar-refractivity contribution in [3.8, 4) is 0 Å². The summed E-state index contributed by atoms with van der Waals surface area (Å²) in [6.07, 6.45) is 2.16. The SMILES string of the molecule is CCOC1CC(N)(c2nc(C)c(C)s2)C1. The number of nitrogens with zero attached hydrogens (tertiary/aromatic N) is 1. The van der Waals surface area contributed by atoms with E-state index >= 15 is 0 Å². The summed E-state index contributed by atoms with van der Waals surface area (Å²) < 4.78 is 5.53. The molecule has 0 aromatic carbocycles. The van der Waals surface area contributed by atoms with Gasteiger partial charge in [0.15, 0.2) is 0 Å². The maximum atomic E-state index is 6.29. The van der Waals surface area contributed by atoms with E-state index in [1.807, 2.05) is 13.8 Å². The van der Waals surface area contributed by atoms with Crippen LogP contribution >= 0.6 is 11.3 Å². The van der Waals surface area contributed by atoms with E-state index in [-0.39, 0.29) is 5.54 Å². The molecule has 4 heteroatoms. The van der Waals surface area contributed by atoms with Crippen molar-refractivity contribution in [1.29, 1.82) is 0 Å². The normalized spacial score (nSPS) is 30.3. The highest BCUT2D eigenvalue weighted by Gasteiger charge is 2.45.